The van der Waals surface area contributed by atoms with Gasteiger partial charge in [0.1, 0.15) is 0 Å². The summed E-state index contributed by atoms with van der Waals surface area (Å²) in [6.45, 7) is 4.38. The number of aliphatic hydroxyl groups excluding tert-OH is 1. The summed E-state index contributed by atoms with van der Waals surface area (Å²) in [7, 11) is 0. The third-order valence-corrected chi connectivity index (χ3v) is 1.46. The van der Waals surface area contributed by atoms with E-state index < -0.39 is 0 Å². The van der Waals surface area contributed by atoms with Gasteiger partial charge in [0.15, 0.2) is 0 Å². The molecule has 0 aromatic carbocycles. The van der Waals surface area contributed by atoms with Gasteiger partial charge in [0.05, 0.1) is 0 Å². The van der Waals surface area contributed by atoms with Crippen molar-refractivity contribution < 1.29 is 5.11 Å². The minimum atomic E-state index is -0.222. The first-order valence-corrected chi connectivity index (χ1v) is 3.69. The zero-order chi connectivity index (χ0) is 8.91. The van der Waals surface area contributed by atoms with Crippen molar-refractivity contribution in [2.45, 2.75) is 13.8 Å². The molecule has 0 aromatic rings. The first-order chi connectivity index (χ1) is 5.02. The SMILES string of the molecule is CC(C)(CO)CNC(=N)NCl. The second-order valence-electron chi connectivity index (χ2n) is 3.15. The average molecular weight is 180 g/mol. The van der Waals surface area contributed by atoms with Gasteiger partial charge in [0.2, 0.25) is 5.96 Å². The van der Waals surface area contributed by atoms with Crippen molar-refractivity contribution in [2.24, 2.45) is 5.41 Å². The molecule has 0 aromatic heterocycles. The zero-order valence-electron chi connectivity index (χ0n) is 6.74. The molecule has 0 saturated carbocycles. The van der Waals surface area contributed by atoms with Crippen LogP contribution < -0.4 is 10.2 Å². The molecule has 0 atom stereocenters. The molecule has 0 aliphatic heterocycles. The van der Waals surface area contributed by atoms with Gasteiger partial charge >= 0.3 is 0 Å². The lowest BCUT2D eigenvalue weighted by molar-refractivity contribution is 0.162. The van der Waals surface area contributed by atoms with Gasteiger partial charge in [-0.1, -0.05) is 13.8 Å². The third kappa shape index (κ3) is 4.86. The normalized spacial score (nSPS) is 10.9. The summed E-state index contributed by atoms with van der Waals surface area (Å²) in [5.74, 6) is 0.0493. The van der Waals surface area contributed by atoms with Crippen LogP contribution in [0.2, 0.25) is 0 Å². The molecule has 0 amide bonds. The molecular weight excluding hydrogens is 166 g/mol. The highest BCUT2D eigenvalue weighted by molar-refractivity contribution is 6.21. The van der Waals surface area contributed by atoms with Gasteiger partial charge in [-0.15, -0.1) is 0 Å². The van der Waals surface area contributed by atoms with Gasteiger partial charge in [-0.3, -0.25) is 10.2 Å². The van der Waals surface area contributed by atoms with Crippen molar-refractivity contribution >= 4 is 17.7 Å². The van der Waals surface area contributed by atoms with Crippen molar-refractivity contribution in [3.8, 4) is 0 Å². The molecule has 4 nitrogen and oxygen atoms in total. The van der Waals surface area contributed by atoms with Crippen molar-refractivity contribution in [1.29, 1.82) is 5.41 Å². The summed E-state index contributed by atoms with van der Waals surface area (Å²) >= 11 is 5.12. The fourth-order valence-corrected chi connectivity index (χ4v) is 0.484. The Morgan fingerprint density at radius 3 is 2.55 bits per heavy atom. The number of hydrogen-bond donors (Lipinski definition) is 4. The Labute approximate surface area is 71.6 Å². The van der Waals surface area contributed by atoms with E-state index in [0.29, 0.717) is 6.54 Å². The Hall–Kier alpha value is -0.480. The maximum Gasteiger partial charge on any atom is 0.203 e. The van der Waals surface area contributed by atoms with Crippen molar-refractivity contribution in [3.63, 3.8) is 0 Å². The van der Waals surface area contributed by atoms with Crippen molar-refractivity contribution in [2.75, 3.05) is 13.2 Å². The van der Waals surface area contributed by atoms with Crippen LogP contribution in [-0.2, 0) is 0 Å². The van der Waals surface area contributed by atoms with Gasteiger partial charge in [-0.25, -0.2) is 0 Å². The summed E-state index contributed by atoms with van der Waals surface area (Å²) in [6.07, 6.45) is 0. The van der Waals surface area contributed by atoms with E-state index in [1.165, 1.54) is 0 Å². The zero-order valence-corrected chi connectivity index (χ0v) is 7.50. The van der Waals surface area contributed by atoms with E-state index in [1.807, 2.05) is 13.8 Å². The molecule has 0 unspecified atom stereocenters. The molecule has 0 radical (unpaired) electrons. The van der Waals surface area contributed by atoms with E-state index in [2.05, 4.69) is 10.2 Å². The van der Waals surface area contributed by atoms with Crippen LogP contribution >= 0.6 is 11.8 Å². The molecule has 5 heteroatoms. The van der Waals surface area contributed by atoms with Crippen LogP contribution in [0.5, 0.6) is 0 Å². The maximum atomic E-state index is 8.82. The fraction of sp³-hybridized carbons (Fsp3) is 0.833. The summed E-state index contributed by atoms with van der Waals surface area (Å²) in [6, 6.07) is 0. The van der Waals surface area contributed by atoms with Gasteiger partial charge in [-0.05, 0) is 0 Å². The van der Waals surface area contributed by atoms with Crippen LogP contribution in [0.1, 0.15) is 13.8 Å². The van der Waals surface area contributed by atoms with Crippen LogP contribution in [0.4, 0.5) is 0 Å². The molecule has 0 bridgehead atoms. The van der Waals surface area contributed by atoms with E-state index in [9.17, 15) is 0 Å². The van der Waals surface area contributed by atoms with Crippen LogP contribution in [0.15, 0.2) is 0 Å². The molecular formula is C6H14ClN3O. The van der Waals surface area contributed by atoms with Crippen LogP contribution in [-0.4, -0.2) is 24.2 Å². The molecule has 0 spiro atoms. The van der Waals surface area contributed by atoms with Gasteiger partial charge in [0, 0.05) is 30.3 Å². The number of aliphatic hydroxyl groups is 1. The Balaban J connectivity index is 3.61. The highest BCUT2D eigenvalue weighted by Gasteiger charge is 2.15. The monoisotopic (exact) mass is 179 g/mol. The van der Waals surface area contributed by atoms with E-state index in [1.54, 1.807) is 0 Å². The Bertz CT molecular complexity index is 138. The lowest BCUT2D eigenvalue weighted by Gasteiger charge is -2.21. The predicted octanol–water partition coefficient (Wildman–Crippen LogP) is 0.273. The highest BCUT2D eigenvalue weighted by atomic mass is 35.5. The lowest BCUT2D eigenvalue weighted by Crippen LogP contribution is -2.39. The standard InChI is InChI=1S/C6H14ClN3O/c1-6(2,4-11)3-9-5(8)10-7/h11H,3-4H2,1-2H3,(H3,8,9,10). The van der Waals surface area contributed by atoms with Gasteiger partial charge in [-0.2, -0.15) is 0 Å². The summed E-state index contributed by atoms with van der Waals surface area (Å²) in [5, 5.41) is 18.6. The Kier molecular flexibility index (Phi) is 4.22. The maximum absolute atomic E-state index is 8.82. The second kappa shape index (κ2) is 4.41. The second-order valence-corrected chi connectivity index (χ2v) is 3.33. The summed E-state index contributed by atoms with van der Waals surface area (Å²) in [4.78, 5) is 2.12. The van der Waals surface area contributed by atoms with E-state index in [-0.39, 0.29) is 18.0 Å². The topological polar surface area (TPSA) is 68.1 Å². The number of hydrogen-bond acceptors (Lipinski definition) is 2. The minimum absolute atomic E-state index is 0.0493. The minimum Gasteiger partial charge on any atom is -0.396 e. The van der Waals surface area contributed by atoms with Gasteiger partial charge in [0.25, 0.3) is 0 Å². The first kappa shape index (κ1) is 10.5. The number of halogens is 1. The largest absolute Gasteiger partial charge is 0.396 e. The van der Waals surface area contributed by atoms with Gasteiger partial charge < -0.3 is 10.4 Å². The van der Waals surface area contributed by atoms with Crippen LogP contribution in [0, 0.1) is 10.8 Å². The Morgan fingerprint density at radius 1 is 1.64 bits per heavy atom. The summed E-state index contributed by atoms with van der Waals surface area (Å²) < 4.78 is 0. The predicted molar refractivity (Wildman–Crippen MR) is 45.6 cm³/mol. The van der Waals surface area contributed by atoms with Crippen LogP contribution in [0.3, 0.4) is 0 Å². The number of nitrogens with one attached hydrogen (secondary N) is 3. The molecule has 0 aliphatic rings. The molecule has 0 fully saturated rings. The van der Waals surface area contributed by atoms with Crippen LogP contribution in [0.25, 0.3) is 0 Å². The van der Waals surface area contributed by atoms with Crippen molar-refractivity contribution in [3.05, 3.63) is 0 Å². The van der Waals surface area contributed by atoms with E-state index >= 15 is 0 Å². The highest BCUT2D eigenvalue weighted by Crippen LogP contribution is 2.10. The average Bonchev–Trinajstić information content (AvgIpc) is 2.00. The van der Waals surface area contributed by atoms with E-state index in [0.717, 1.165) is 0 Å². The smallest absolute Gasteiger partial charge is 0.203 e. The van der Waals surface area contributed by atoms with Crippen molar-refractivity contribution in [1.82, 2.24) is 10.2 Å². The molecule has 0 saturated heterocycles. The quantitative estimate of drug-likeness (QED) is 0.286. The fourth-order valence-electron chi connectivity index (χ4n) is 0.417. The molecule has 4 N–H and O–H groups in total. The summed E-state index contributed by atoms with van der Waals surface area (Å²) in [5.41, 5.74) is -0.222. The molecule has 0 aliphatic carbocycles. The molecule has 11 heavy (non-hydrogen) atoms. The lowest BCUT2D eigenvalue weighted by atomic mass is 9.95. The van der Waals surface area contributed by atoms with E-state index in [4.69, 9.17) is 22.3 Å². The number of rotatable bonds is 3. The first-order valence-electron chi connectivity index (χ1n) is 3.32. The number of guanidine groups is 1. The molecule has 0 heterocycles. The Morgan fingerprint density at radius 2 is 2.18 bits per heavy atom. The molecule has 66 valence electrons. The third-order valence-electron chi connectivity index (χ3n) is 1.27. The molecule has 0 rings (SSSR count).